The molecule has 1 unspecified atom stereocenters. The second kappa shape index (κ2) is 6.80. The summed E-state index contributed by atoms with van der Waals surface area (Å²) in [4.78, 5) is 9.77. The lowest BCUT2D eigenvalue weighted by atomic mass is 10.3. The van der Waals surface area contributed by atoms with E-state index in [-0.39, 0.29) is 4.90 Å². The molecule has 1 aromatic carbocycles. The van der Waals surface area contributed by atoms with Gasteiger partial charge in [0, 0.05) is 47.4 Å². The number of nitrogens with zero attached hydrogens (tertiary/aromatic N) is 1. The average Bonchev–Trinajstić information content (AvgIpc) is 2.33. The van der Waals surface area contributed by atoms with Gasteiger partial charge in [-0.2, -0.15) is 0 Å². The van der Waals surface area contributed by atoms with E-state index in [9.17, 15) is 22.7 Å². The number of hydrogen-bond donors (Lipinski definition) is 1. The Bertz CT molecular complexity index is 628. The van der Waals surface area contributed by atoms with E-state index >= 15 is 0 Å². The summed E-state index contributed by atoms with van der Waals surface area (Å²) in [5.74, 6) is 0.541. The Labute approximate surface area is 119 Å². The quantitative estimate of drug-likeness (QED) is 0.459. The minimum atomic E-state index is -3.68. The van der Waals surface area contributed by atoms with Gasteiger partial charge >= 0.3 is 0 Å². The van der Waals surface area contributed by atoms with Crippen LogP contribution in [0.3, 0.4) is 0 Å². The smallest absolute Gasteiger partial charge is 0.288 e. The number of sulfone groups is 1. The van der Waals surface area contributed by atoms with Gasteiger partial charge in [-0.3, -0.25) is 14.3 Å². The molecule has 112 valence electrons. The summed E-state index contributed by atoms with van der Waals surface area (Å²) in [5.41, 5.74) is 0.0469. The van der Waals surface area contributed by atoms with Gasteiger partial charge in [0.1, 0.15) is 4.90 Å². The third-order valence-electron chi connectivity index (χ3n) is 2.49. The molecule has 0 saturated carbocycles. The predicted molar refractivity (Wildman–Crippen MR) is 78.2 cm³/mol. The molecule has 1 atom stereocenters. The van der Waals surface area contributed by atoms with Gasteiger partial charge in [0.2, 0.25) is 0 Å². The molecule has 0 heterocycles. The van der Waals surface area contributed by atoms with E-state index in [0.29, 0.717) is 24.4 Å². The molecule has 20 heavy (non-hydrogen) atoms. The highest BCUT2D eigenvalue weighted by atomic mass is 32.2. The van der Waals surface area contributed by atoms with Crippen molar-refractivity contribution in [1.29, 1.82) is 0 Å². The number of hydrogen-bond acceptors (Lipinski definition) is 6. The summed E-state index contributed by atoms with van der Waals surface area (Å²) in [7, 11) is -4.55. The molecule has 9 heteroatoms. The molecule has 0 aliphatic rings. The van der Waals surface area contributed by atoms with Gasteiger partial charge in [-0.25, -0.2) is 8.42 Å². The van der Waals surface area contributed by atoms with Crippen LogP contribution in [0.15, 0.2) is 23.1 Å². The van der Waals surface area contributed by atoms with Crippen LogP contribution < -0.4 is 5.32 Å². The van der Waals surface area contributed by atoms with Gasteiger partial charge in [0.05, 0.1) is 4.92 Å². The van der Waals surface area contributed by atoms with Crippen molar-refractivity contribution in [2.75, 3.05) is 30.1 Å². The van der Waals surface area contributed by atoms with Crippen LogP contribution in [0.4, 0.5) is 11.4 Å². The predicted octanol–water partition coefficient (Wildman–Crippen LogP) is 1.18. The Balaban J connectivity index is 2.91. The Kier molecular flexibility index (Phi) is 5.63. The van der Waals surface area contributed by atoms with Crippen molar-refractivity contribution in [3.63, 3.8) is 0 Å². The number of nitrogens with one attached hydrogen (secondary N) is 1. The van der Waals surface area contributed by atoms with E-state index in [0.717, 1.165) is 12.3 Å². The maximum Gasteiger partial charge on any atom is 0.288 e. The average molecular weight is 320 g/mol. The zero-order valence-electron chi connectivity index (χ0n) is 11.2. The van der Waals surface area contributed by atoms with Gasteiger partial charge in [0.25, 0.3) is 5.69 Å². The van der Waals surface area contributed by atoms with Crippen molar-refractivity contribution >= 4 is 32.0 Å². The second-order valence-corrected chi connectivity index (χ2v) is 7.81. The summed E-state index contributed by atoms with van der Waals surface area (Å²) in [6, 6.07) is 3.86. The highest BCUT2D eigenvalue weighted by Crippen LogP contribution is 2.26. The Morgan fingerprint density at radius 3 is 2.55 bits per heavy atom. The van der Waals surface area contributed by atoms with Gasteiger partial charge < -0.3 is 5.32 Å². The van der Waals surface area contributed by atoms with Crippen molar-refractivity contribution in [1.82, 2.24) is 0 Å². The fourth-order valence-electron chi connectivity index (χ4n) is 1.58. The first kappa shape index (κ1) is 16.6. The molecule has 0 saturated heterocycles. The first-order chi connectivity index (χ1) is 9.21. The van der Waals surface area contributed by atoms with Crippen LogP contribution in [-0.2, 0) is 20.6 Å². The normalized spacial score (nSPS) is 12.9. The molecule has 0 fully saturated rings. The van der Waals surface area contributed by atoms with Crippen molar-refractivity contribution in [3.8, 4) is 0 Å². The van der Waals surface area contributed by atoms with Crippen LogP contribution in [0.25, 0.3) is 0 Å². The van der Waals surface area contributed by atoms with Gasteiger partial charge in [-0.1, -0.05) is 0 Å². The summed E-state index contributed by atoms with van der Waals surface area (Å²) in [6.07, 6.45) is 3.20. The van der Waals surface area contributed by atoms with Gasteiger partial charge in [-0.15, -0.1) is 0 Å². The number of anilines is 1. The first-order valence-corrected chi connectivity index (χ1v) is 9.36. The highest BCUT2D eigenvalue weighted by molar-refractivity contribution is 7.90. The van der Waals surface area contributed by atoms with Crippen LogP contribution in [-0.4, -0.2) is 42.4 Å². The number of nitro groups is 1. The number of nitro benzene ring substituents is 1. The van der Waals surface area contributed by atoms with E-state index in [1.807, 2.05) is 0 Å². The van der Waals surface area contributed by atoms with Gasteiger partial charge in [0.15, 0.2) is 9.84 Å². The highest BCUT2D eigenvalue weighted by Gasteiger charge is 2.22. The van der Waals surface area contributed by atoms with E-state index in [1.165, 1.54) is 12.1 Å². The Morgan fingerprint density at radius 2 is 2.05 bits per heavy atom. The molecule has 0 spiro atoms. The van der Waals surface area contributed by atoms with Crippen molar-refractivity contribution in [2.45, 2.75) is 11.3 Å². The van der Waals surface area contributed by atoms with Gasteiger partial charge in [-0.05, 0) is 18.6 Å². The van der Waals surface area contributed by atoms with E-state index < -0.39 is 31.2 Å². The zero-order valence-corrected chi connectivity index (χ0v) is 12.8. The monoisotopic (exact) mass is 320 g/mol. The van der Waals surface area contributed by atoms with Crippen LogP contribution >= 0.6 is 0 Å². The molecule has 1 N–H and O–H groups in total. The first-order valence-electron chi connectivity index (χ1n) is 5.74. The number of benzene rings is 1. The molecular weight excluding hydrogens is 304 g/mol. The Morgan fingerprint density at radius 1 is 1.40 bits per heavy atom. The lowest BCUT2D eigenvalue weighted by Gasteiger charge is -2.08. The van der Waals surface area contributed by atoms with Crippen LogP contribution in [0.1, 0.15) is 6.42 Å². The largest absolute Gasteiger partial charge is 0.385 e. The third-order valence-corrected chi connectivity index (χ3v) is 4.48. The number of rotatable bonds is 7. The SMILES string of the molecule is CS(=O)CCCNc1ccc([N+](=O)[O-])c(S(C)(=O)=O)c1. The summed E-state index contributed by atoms with van der Waals surface area (Å²) in [6.45, 7) is 0.514. The fourth-order valence-corrected chi connectivity index (χ4v) is 2.99. The van der Waals surface area contributed by atoms with Crippen LogP contribution in [0.2, 0.25) is 0 Å². The molecule has 0 radical (unpaired) electrons. The van der Waals surface area contributed by atoms with Crippen molar-refractivity contribution in [3.05, 3.63) is 28.3 Å². The van der Waals surface area contributed by atoms with E-state index in [1.54, 1.807) is 6.26 Å². The minimum absolute atomic E-state index is 0.313. The van der Waals surface area contributed by atoms with Crippen LogP contribution in [0, 0.1) is 10.1 Å². The maximum absolute atomic E-state index is 11.6. The van der Waals surface area contributed by atoms with Crippen molar-refractivity contribution < 1.29 is 17.6 Å². The minimum Gasteiger partial charge on any atom is -0.385 e. The molecule has 1 aromatic rings. The molecule has 1 rings (SSSR count). The molecule has 0 bridgehead atoms. The molecule has 0 aliphatic heterocycles. The second-order valence-electron chi connectivity index (χ2n) is 4.27. The lowest BCUT2D eigenvalue weighted by Crippen LogP contribution is -2.08. The summed E-state index contributed by atoms with van der Waals surface area (Å²) < 4.78 is 34.0. The third kappa shape index (κ3) is 4.89. The fraction of sp³-hybridized carbons (Fsp3) is 0.455. The molecule has 7 nitrogen and oxygen atoms in total. The lowest BCUT2D eigenvalue weighted by molar-refractivity contribution is -0.387. The van der Waals surface area contributed by atoms with E-state index in [2.05, 4.69) is 5.32 Å². The molecule has 0 amide bonds. The topological polar surface area (TPSA) is 106 Å². The molecule has 0 aliphatic carbocycles. The van der Waals surface area contributed by atoms with E-state index in [4.69, 9.17) is 0 Å². The molecule has 0 aromatic heterocycles. The maximum atomic E-state index is 11.6. The molecular formula is C11H16N2O5S2. The standard InChI is InChI=1S/C11H16N2O5S2/c1-19(16)7-3-6-12-9-4-5-10(13(14)15)11(8-9)20(2,17)18/h4-5,8,12H,3,6-7H2,1-2H3. The summed E-state index contributed by atoms with van der Waals surface area (Å²) >= 11 is 0. The summed E-state index contributed by atoms with van der Waals surface area (Å²) in [5, 5.41) is 13.8. The van der Waals surface area contributed by atoms with Crippen molar-refractivity contribution in [2.24, 2.45) is 0 Å². The zero-order chi connectivity index (χ0) is 15.3. The van der Waals surface area contributed by atoms with Crippen LogP contribution in [0.5, 0.6) is 0 Å². The Hall–Kier alpha value is -1.48.